The summed E-state index contributed by atoms with van der Waals surface area (Å²) in [5, 5.41) is 0.644. The predicted octanol–water partition coefficient (Wildman–Crippen LogP) is 4.66. The lowest BCUT2D eigenvalue weighted by atomic mass is 10.1. The van der Waals surface area contributed by atoms with Crippen LogP contribution < -0.4 is 4.90 Å². The van der Waals surface area contributed by atoms with E-state index in [-0.39, 0.29) is 10.8 Å². The SMILES string of the molecule is CC(=O)N(Cc1ccccc1)c1ccc(CSc2nc3ccc(S(=O)(=O)O)cc3[nH]2)cc1. The third-order valence-corrected chi connectivity index (χ3v) is 6.71. The van der Waals surface area contributed by atoms with Crippen LogP contribution in [-0.2, 0) is 27.2 Å². The Bertz CT molecular complexity index is 1350. The molecule has 7 nitrogen and oxygen atoms in total. The van der Waals surface area contributed by atoms with Gasteiger partial charge in [0, 0.05) is 18.4 Å². The fraction of sp³-hybridized carbons (Fsp3) is 0.130. The van der Waals surface area contributed by atoms with Crippen molar-refractivity contribution in [2.45, 2.75) is 29.3 Å². The van der Waals surface area contributed by atoms with Crippen LogP contribution >= 0.6 is 11.8 Å². The summed E-state index contributed by atoms with van der Waals surface area (Å²) in [5.41, 5.74) is 4.10. The van der Waals surface area contributed by atoms with Gasteiger partial charge in [-0.3, -0.25) is 9.35 Å². The zero-order valence-electron chi connectivity index (χ0n) is 17.2. The fourth-order valence-corrected chi connectivity index (χ4v) is 4.62. The van der Waals surface area contributed by atoms with Crippen LogP contribution in [0.25, 0.3) is 11.0 Å². The van der Waals surface area contributed by atoms with Crippen LogP contribution in [-0.4, -0.2) is 28.8 Å². The van der Waals surface area contributed by atoms with Gasteiger partial charge in [-0.2, -0.15) is 8.42 Å². The number of fused-ring (bicyclic) bond motifs is 1. The van der Waals surface area contributed by atoms with Crippen molar-refractivity contribution in [3.8, 4) is 0 Å². The molecule has 4 aromatic rings. The largest absolute Gasteiger partial charge is 0.333 e. The highest BCUT2D eigenvalue weighted by atomic mass is 32.2. The van der Waals surface area contributed by atoms with Crippen molar-refractivity contribution in [3.63, 3.8) is 0 Å². The smallest absolute Gasteiger partial charge is 0.294 e. The number of hydrogen-bond acceptors (Lipinski definition) is 5. The molecular weight excluding hydrogens is 446 g/mol. The molecule has 0 unspecified atom stereocenters. The molecule has 4 rings (SSSR count). The van der Waals surface area contributed by atoms with E-state index in [1.54, 1.807) is 17.9 Å². The Labute approximate surface area is 190 Å². The number of amides is 1. The Balaban J connectivity index is 1.45. The van der Waals surface area contributed by atoms with E-state index < -0.39 is 10.1 Å². The van der Waals surface area contributed by atoms with E-state index >= 15 is 0 Å². The lowest BCUT2D eigenvalue weighted by molar-refractivity contribution is -0.116. The lowest BCUT2D eigenvalue weighted by Gasteiger charge is -2.21. The Kier molecular flexibility index (Phi) is 6.31. The summed E-state index contributed by atoms with van der Waals surface area (Å²) >= 11 is 1.48. The minimum absolute atomic E-state index is 0.0254. The number of imidazole rings is 1. The Morgan fingerprint density at radius 2 is 1.75 bits per heavy atom. The van der Waals surface area contributed by atoms with Gasteiger partial charge in [0.15, 0.2) is 5.16 Å². The molecule has 0 saturated heterocycles. The second kappa shape index (κ2) is 9.15. The highest BCUT2D eigenvalue weighted by Crippen LogP contribution is 2.26. The van der Waals surface area contributed by atoms with Crippen molar-refractivity contribution in [1.29, 1.82) is 0 Å². The van der Waals surface area contributed by atoms with Crippen LogP contribution in [0, 0.1) is 0 Å². The molecule has 1 amide bonds. The van der Waals surface area contributed by atoms with Crippen molar-refractivity contribution in [3.05, 3.63) is 83.9 Å². The first-order valence-electron chi connectivity index (χ1n) is 9.80. The molecule has 32 heavy (non-hydrogen) atoms. The van der Waals surface area contributed by atoms with E-state index in [0.717, 1.165) is 16.8 Å². The van der Waals surface area contributed by atoms with E-state index in [9.17, 15) is 17.8 Å². The van der Waals surface area contributed by atoms with Crippen molar-refractivity contribution >= 4 is 44.5 Å². The van der Waals surface area contributed by atoms with Gasteiger partial charge in [0.1, 0.15) is 0 Å². The molecule has 0 atom stereocenters. The quantitative estimate of drug-likeness (QED) is 0.303. The predicted molar refractivity (Wildman–Crippen MR) is 125 cm³/mol. The molecule has 0 bridgehead atoms. The summed E-state index contributed by atoms with van der Waals surface area (Å²) in [6.45, 7) is 2.07. The van der Waals surface area contributed by atoms with E-state index in [1.165, 1.54) is 23.9 Å². The second-order valence-corrected chi connectivity index (χ2v) is 9.63. The van der Waals surface area contributed by atoms with Gasteiger partial charge in [-0.1, -0.05) is 54.2 Å². The van der Waals surface area contributed by atoms with E-state index in [1.807, 2.05) is 54.6 Å². The van der Waals surface area contributed by atoms with Crippen LogP contribution in [0.4, 0.5) is 5.69 Å². The number of hydrogen-bond donors (Lipinski definition) is 2. The third-order valence-electron chi connectivity index (χ3n) is 4.92. The van der Waals surface area contributed by atoms with Crippen LogP contribution in [0.1, 0.15) is 18.1 Å². The second-order valence-electron chi connectivity index (χ2n) is 7.24. The first-order chi connectivity index (χ1) is 15.3. The molecule has 2 N–H and O–H groups in total. The molecule has 1 heterocycles. The first kappa shape index (κ1) is 22.1. The summed E-state index contributed by atoms with van der Waals surface area (Å²) in [5.74, 6) is 0.617. The third kappa shape index (κ3) is 5.18. The standard InChI is InChI=1S/C23H21N3O4S2/c1-16(27)26(14-17-5-3-2-4-6-17)19-9-7-18(8-10-19)15-31-23-24-21-12-11-20(32(28,29)30)13-22(21)25-23/h2-13H,14-15H2,1H3,(H,24,25)(H,28,29,30). The average Bonchev–Trinajstić information content (AvgIpc) is 3.19. The van der Waals surface area contributed by atoms with Crippen molar-refractivity contribution in [1.82, 2.24) is 9.97 Å². The van der Waals surface area contributed by atoms with Crippen molar-refractivity contribution in [2.24, 2.45) is 0 Å². The van der Waals surface area contributed by atoms with Gasteiger partial charge in [0.25, 0.3) is 10.1 Å². The van der Waals surface area contributed by atoms with Gasteiger partial charge in [-0.25, -0.2) is 4.98 Å². The molecule has 0 aliphatic heterocycles. The van der Waals surface area contributed by atoms with Gasteiger partial charge in [0.2, 0.25) is 5.91 Å². The number of H-pyrrole nitrogens is 1. The average molecular weight is 468 g/mol. The number of aromatic amines is 1. The maximum Gasteiger partial charge on any atom is 0.294 e. The Morgan fingerprint density at radius 3 is 2.41 bits per heavy atom. The molecule has 9 heteroatoms. The summed E-state index contributed by atoms with van der Waals surface area (Å²) in [6.07, 6.45) is 0. The monoisotopic (exact) mass is 467 g/mol. The topological polar surface area (TPSA) is 103 Å². The molecule has 0 aliphatic carbocycles. The van der Waals surface area contributed by atoms with Crippen LogP contribution in [0.3, 0.4) is 0 Å². The van der Waals surface area contributed by atoms with E-state index in [2.05, 4.69) is 9.97 Å². The number of anilines is 1. The number of nitrogens with one attached hydrogen (secondary N) is 1. The number of carbonyl (C=O) groups is 1. The number of aromatic nitrogens is 2. The molecule has 3 aromatic carbocycles. The summed E-state index contributed by atoms with van der Waals surface area (Å²) in [6, 6.07) is 21.9. The number of thioether (sulfide) groups is 1. The first-order valence-corrected chi connectivity index (χ1v) is 12.2. The van der Waals surface area contributed by atoms with Gasteiger partial charge >= 0.3 is 0 Å². The zero-order valence-corrected chi connectivity index (χ0v) is 18.9. The molecule has 1 aromatic heterocycles. The zero-order chi connectivity index (χ0) is 22.7. The Hall–Kier alpha value is -3.14. The van der Waals surface area contributed by atoms with Gasteiger partial charge < -0.3 is 9.88 Å². The van der Waals surface area contributed by atoms with E-state index in [0.29, 0.717) is 28.5 Å². The molecule has 164 valence electrons. The van der Waals surface area contributed by atoms with Crippen LogP contribution in [0.2, 0.25) is 0 Å². The maximum atomic E-state index is 12.2. The van der Waals surface area contributed by atoms with Crippen molar-refractivity contribution in [2.75, 3.05) is 4.90 Å². The fourth-order valence-electron chi connectivity index (χ4n) is 3.27. The molecule has 0 saturated carbocycles. The summed E-state index contributed by atoms with van der Waals surface area (Å²) in [7, 11) is -4.26. The summed E-state index contributed by atoms with van der Waals surface area (Å²) in [4.78, 5) is 21.2. The van der Waals surface area contributed by atoms with Gasteiger partial charge in [-0.05, 0) is 41.5 Å². The maximum absolute atomic E-state index is 12.2. The number of rotatable bonds is 7. The minimum atomic E-state index is -4.26. The number of carbonyl (C=O) groups excluding carboxylic acids is 1. The number of nitrogens with zero attached hydrogens (tertiary/aromatic N) is 2. The number of benzene rings is 3. The molecule has 0 fully saturated rings. The molecule has 0 spiro atoms. The highest BCUT2D eigenvalue weighted by molar-refractivity contribution is 7.98. The molecule has 0 aliphatic rings. The van der Waals surface area contributed by atoms with Gasteiger partial charge in [0.05, 0.1) is 22.5 Å². The van der Waals surface area contributed by atoms with Crippen LogP contribution in [0.15, 0.2) is 82.8 Å². The van der Waals surface area contributed by atoms with E-state index in [4.69, 9.17) is 0 Å². The van der Waals surface area contributed by atoms with Crippen LogP contribution in [0.5, 0.6) is 0 Å². The normalized spacial score (nSPS) is 11.6. The Morgan fingerprint density at radius 1 is 1.03 bits per heavy atom. The van der Waals surface area contributed by atoms with Crippen molar-refractivity contribution < 1.29 is 17.8 Å². The van der Waals surface area contributed by atoms with Gasteiger partial charge in [-0.15, -0.1) is 0 Å². The molecular formula is C23H21N3O4S2. The molecule has 0 radical (unpaired) electrons. The lowest BCUT2D eigenvalue weighted by Crippen LogP contribution is -2.27. The highest BCUT2D eigenvalue weighted by Gasteiger charge is 2.14. The minimum Gasteiger partial charge on any atom is -0.333 e. The summed E-state index contributed by atoms with van der Waals surface area (Å²) < 4.78 is 31.8.